The van der Waals surface area contributed by atoms with Crippen LogP contribution in [0.5, 0.6) is 11.5 Å². The summed E-state index contributed by atoms with van der Waals surface area (Å²) in [5, 5.41) is 9.74. The Morgan fingerprint density at radius 1 is 1.00 bits per heavy atom. The number of carbonyl (C=O) groups excluding carboxylic acids is 3. The zero-order chi connectivity index (χ0) is 30.3. The summed E-state index contributed by atoms with van der Waals surface area (Å²) in [6.07, 6.45) is -0.660. The Bertz CT molecular complexity index is 1360. The second-order valence-corrected chi connectivity index (χ2v) is 10.2. The highest BCUT2D eigenvalue weighted by atomic mass is 19.1. The molecule has 0 bridgehead atoms. The third-order valence-corrected chi connectivity index (χ3v) is 5.98. The molecule has 0 aliphatic rings. The van der Waals surface area contributed by atoms with Gasteiger partial charge in [-0.2, -0.15) is 5.10 Å². The SMILES string of the molecule is COC(=O)C(NC(=O)c1cc(-c2c(OC)cccc2OC)n(-c2ccc(F)cc2)n1)[C@H](C)CNC(=O)OC(C)(C)C. The van der Waals surface area contributed by atoms with Crippen LogP contribution in [0.3, 0.4) is 0 Å². The number of aromatic nitrogens is 2. The standard InChI is InChI=1S/C29H35FN4O7/c1-17(16-31-28(37)41-29(2,3)4)25(27(36)40-7)32-26(35)20-15-21(24-22(38-5)9-8-10-23(24)39-6)34(33-20)19-13-11-18(30)12-14-19/h8-15,17,25H,16H2,1-7H3,(H,31,37)(H,32,35)/t17-,25?/m1/s1. The van der Waals surface area contributed by atoms with Crippen LogP contribution in [0.1, 0.15) is 38.2 Å². The maximum absolute atomic E-state index is 13.7. The molecule has 0 spiro atoms. The van der Waals surface area contributed by atoms with Gasteiger partial charge in [-0.3, -0.25) is 4.79 Å². The lowest BCUT2D eigenvalue weighted by atomic mass is 10.0. The van der Waals surface area contributed by atoms with E-state index in [9.17, 15) is 18.8 Å². The summed E-state index contributed by atoms with van der Waals surface area (Å²) in [6, 6.07) is 11.2. The van der Waals surface area contributed by atoms with E-state index in [-0.39, 0.29) is 12.2 Å². The highest BCUT2D eigenvalue weighted by molar-refractivity contribution is 5.96. The maximum Gasteiger partial charge on any atom is 0.407 e. The van der Waals surface area contributed by atoms with Crippen molar-refractivity contribution >= 4 is 18.0 Å². The molecule has 11 nitrogen and oxygen atoms in total. The van der Waals surface area contributed by atoms with Gasteiger partial charge in [-0.1, -0.05) is 13.0 Å². The Balaban J connectivity index is 1.98. The molecule has 1 unspecified atom stereocenters. The zero-order valence-corrected chi connectivity index (χ0v) is 24.1. The van der Waals surface area contributed by atoms with Crippen LogP contribution < -0.4 is 20.1 Å². The molecule has 3 rings (SSSR count). The molecule has 0 radical (unpaired) electrons. The highest BCUT2D eigenvalue weighted by Crippen LogP contribution is 2.39. The molecule has 41 heavy (non-hydrogen) atoms. The third-order valence-electron chi connectivity index (χ3n) is 5.98. The van der Waals surface area contributed by atoms with Crippen molar-refractivity contribution in [2.75, 3.05) is 27.9 Å². The number of benzene rings is 2. The molecular formula is C29H35FN4O7. The van der Waals surface area contributed by atoms with E-state index in [0.29, 0.717) is 28.4 Å². The van der Waals surface area contributed by atoms with E-state index in [4.69, 9.17) is 18.9 Å². The van der Waals surface area contributed by atoms with Gasteiger partial charge in [0.1, 0.15) is 29.0 Å². The molecule has 1 heterocycles. The number of methoxy groups -OCH3 is 3. The summed E-state index contributed by atoms with van der Waals surface area (Å²) in [6.45, 7) is 6.87. The second kappa shape index (κ2) is 13.2. The zero-order valence-electron chi connectivity index (χ0n) is 24.1. The molecule has 1 aromatic heterocycles. The Morgan fingerprint density at radius 3 is 2.15 bits per heavy atom. The van der Waals surface area contributed by atoms with Gasteiger partial charge in [0.2, 0.25) is 0 Å². The number of ether oxygens (including phenoxy) is 4. The van der Waals surface area contributed by atoms with Crippen molar-refractivity contribution in [2.45, 2.75) is 39.3 Å². The molecule has 0 aliphatic carbocycles. The first-order valence-electron chi connectivity index (χ1n) is 12.8. The van der Waals surface area contributed by atoms with Crippen molar-refractivity contribution in [1.82, 2.24) is 20.4 Å². The van der Waals surface area contributed by atoms with Crippen LogP contribution in [0.15, 0.2) is 48.5 Å². The average Bonchev–Trinajstić information content (AvgIpc) is 3.38. The summed E-state index contributed by atoms with van der Waals surface area (Å²) in [7, 11) is 4.20. The number of hydrogen-bond donors (Lipinski definition) is 2. The minimum absolute atomic E-state index is 0.0165. The van der Waals surface area contributed by atoms with Gasteiger partial charge in [-0.25, -0.2) is 18.7 Å². The molecule has 12 heteroatoms. The fourth-order valence-corrected chi connectivity index (χ4v) is 4.00. The normalized spacial score (nSPS) is 12.6. The Hall–Kier alpha value is -4.61. The van der Waals surface area contributed by atoms with Crippen molar-refractivity contribution in [2.24, 2.45) is 5.92 Å². The molecule has 0 saturated heterocycles. The van der Waals surface area contributed by atoms with Gasteiger partial charge < -0.3 is 29.6 Å². The van der Waals surface area contributed by atoms with Crippen LogP contribution in [0.4, 0.5) is 9.18 Å². The molecule has 2 aromatic carbocycles. The maximum atomic E-state index is 13.7. The van der Waals surface area contributed by atoms with Crippen molar-refractivity contribution in [3.63, 3.8) is 0 Å². The average molecular weight is 571 g/mol. The molecule has 2 amide bonds. The van der Waals surface area contributed by atoms with Crippen molar-refractivity contribution in [1.29, 1.82) is 0 Å². The van der Waals surface area contributed by atoms with Crippen molar-refractivity contribution < 1.29 is 37.7 Å². The van der Waals surface area contributed by atoms with Crippen molar-refractivity contribution in [3.05, 3.63) is 60.0 Å². The minimum Gasteiger partial charge on any atom is -0.496 e. The molecule has 0 saturated carbocycles. The number of nitrogens with zero attached hydrogens (tertiary/aromatic N) is 2. The van der Waals surface area contributed by atoms with E-state index in [0.717, 1.165) is 0 Å². The summed E-state index contributed by atoms with van der Waals surface area (Å²) < 4.78 is 36.4. The number of halogens is 1. The van der Waals surface area contributed by atoms with Gasteiger partial charge >= 0.3 is 12.1 Å². The second-order valence-electron chi connectivity index (χ2n) is 10.2. The predicted molar refractivity (Wildman–Crippen MR) is 149 cm³/mol. The van der Waals surface area contributed by atoms with Crippen LogP contribution in [0.2, 0.25) is 0 Å². The number of nitrogens with one attached hydrogen (secondary N) is 2. The van der Waals surface area contributed by atoms with Gasteiger partial charge in [0.15, 0.2) is 5.69 Å². The molecule has 2 N–H and O–H groups in total. The third kappa shape index (κ3) is 7.74. The van der Waals surface area contributed by atoms with Crippen LogP contribution in [-0.2, 0) is 14.3 Å². The summed E-state index contributed by atoms with van der Waals surface area (Å²) in [5.41, 5.74) is 0.651. The quantitative estimate of drug-likeness (QED) is 0.348. The van der Waals surface area contributed by atoms with E-state index in [1.807, 2.05) is 0 Å². The van der Waals surface area contributed by atoms with Crippen LogP contribution >= 0.6 is 0 Å². The Kier molecular flexibility index (Phi) is 9.93. The lowest BCUT2D eigenvalue weighted by Gasteiger charge is -2.24. The topological polar surface area (TPSA) is 130 Å². The number of amides is 2. The van der Waals surface area contributed by atoms with Crippen LogP contribution in [-0.4, -0.2) is 67.3 Å². The number of carbonyl (C=O) groups is 3. The monoisotopic (exact) mass is 570 g/mol. The molecule has 2 atom stereocenters. The smallest absolute Gasteiger partial charge is 0.407 e. The van der Waals surface area contributed by atoms with E-state index in [2.05, 4.69) is 15.7 Å². The van der Waals surface area contributed by atoms with E-state index in [1.165, 1.54) is 56.3 Å². The van der Waals surface area contributed by atoms with Gasteiger partial charge in [-0.05, 0) is 63.2 Å². The molecular weight excluding hydrogens is 535 g/mol. The minimum atomic E-state index is -1.12. The van der Waals surface area contributed by atoms with Gasteiger partial charge in [-0.15, -0.1) is 0 Å². The van der Waals surface area contributed by atoms with Crippen molar-refractivity contribution in [3.8, 4) is 28.4 Å². The largest absolute Gasteiger partial charge is 0.496 e. The predicted octanol–water partition coefficient (Wildman–Crippen LogP) is 4.13. The molecule has 0 aliphatic heterocycles. The number of hydrogen-bond acceptors (Lipinski definition) is 8. The summed E-state index contributed by atoms with van der Waals surface area (Å²) in [4.78, 5) is 38.2. The fraction of sp³-hybridized carbons (Fsp3) is 0.379. The first kappa shape index (κ1) is 30.9. The van der Waals surface area contributed by atoms with E-state index < -0.39 is 41.3 Å². The Labute approximate surface area is 237 Å². The number of alkyl carbamates (subject to hydrolysis) is 1. The first-order chi connectivity index (χ1) is 19.4. The first-order valence-corrected chi connectivity index (χ1v) is 12.8. The summed E-state index contributed by atoms with van der Waals surface area (Å²) >= 11 is 0. The van der Waals surface area contributed by atoms with Gasteiger partial charge in [0.25, 0.3) is 5.91 Å². The van der Waals surface area contributed by atoms with Gasteiger partial charge in [0.05, 0.1) is 38.3 Å². The van der Waals surface area contributed by atoms with Gasteiger partial charge in [0, 0.05) is 12.5 Å². The van der Waals surface area contributed by atoms with E-state index in [1.54, 1.807) is 45.9 Å². The molecule has 220 valence electrons. The van der Waals surface area contributed by atoms with Crippen LogP contribution in [0.25, 0.3) is 16.9 Å². The fourth-order valence-electron chi connectivity index (χ4n) is 4.00. The number of rotatable bonds is 10. The Morgan fingerprint density at radius 2 is 1.61 bits per heavy atom. The lowest BCUT2D eigenvalue weighted by molar-refractivity contribution is -0.144. The van der Waals surface area contributed by atoms with E-state index >= 15 is 0 Å². The lowest BCUT2D eigenvalue weighted by Crippen LogP contribution is -2.49. The number of esters is 1. The van der Waals surface area contributed by atoms with Crippen LogP contribution in [0, 0.1) is 11.7 Å². The summed E-state index contributed by atoms with van der Waals surface area (Å²) in [5.74, 6) is -1.50. The molecule has 3 aromatic rings. The highest BCUT2D eigenvalue weighted by Gasteiger charge is 2.31. The molecule has 0 fully saturated rings.